The van der Waals surface area contributed by atoms with Gasteiger partial charge in [0.15, 0.2) is 5.82 Å². The third-order valence-electron chi connectivity index (χ3n) is 2.53. The van der Waals surface area contributed by atoms with Crippen LogP contribution in [-0.2, 0) is 14.6 Å². The fraction of sp³-hybridized carbons (Fsp3) is 0.455. The van der Waals surface area contributed by atoms with E-state index in [0.29, 0.717) is 11.5 Å². The molecular formula is C11H14ClN5O2S. The SMILES string of the molecule is Cc1cnc(-c2nnc(S(=O)(=O)Cl)n2C(C)(C)C)cn1. The first-order valence-electron chi connectivity index (χ1n) is 5.80. The van der Waals surface area contributed by atoms with Crippen molar-refractivity contribution in [1.29, 1.82) is 0 Å². The molecular weight excluding hydrogens is 302 g/mol. The lowest BCUT2D eigenvalue weighted by atomic mass is 10.1. The maximum Gasteiger partial charge on any atom is 0.296 e. The third kappa shape index (κ3) is 2.80. The van der Waals surface area contributed by atoms with Gasteiger partial charge in [0.2, 0.25) is 0 Å². The smallest absolute Gasteiger partial charge is 0.290 e. The van der Waals surface area contributed by atoms with Crippen LogP contribution in [0.4, 0.5) is 0 Å². The van der Waals surface area contributed by atoms with E-state index in [-0.39, 0.29) is 5.16 Å². The second-order valence-electron chi connectivity index (χ2n) is 5.29. The number of hydrogen-bond donors (Lipinski definition) is 0. The molecule has 0 unspecified atom stereocenters. The van der Waals surface area contributed by atoms with Gasteiger partial charge in [-0.3, -0.25) is 9.55 Å². The minimum Gasteiger partial charge on any atom is -0.290 e. The van der Waals surface area contributed by atoms with Gasteiger partial charge in [0.1, 0.15) is 5.69 Å². The maximum atomic E-state index is 11.6. The Morgan fingerprint density at radius 3 is 2.25 bits per heavy atom. The molecule has 9 heteroatoms. The van der Waals surface area contributed by atoms with Crippen molar-refractivity contribution < 1.29 is 8.42 Å². The van der Waals surface area contributed by atoms with E-state index >= 15 is 0 Å². The quantitative estimate of drug-likeness (QED) is 0.784. The number of aromatic nitrogens is 5. The van der Waals surface area contributed by atoms with Gasteiger partial charge in [0.05, 0.1) is 11.9 Å². The zero-order chi connectivity index (χ0) is 15.1. The van der Waals surface area contributed by atoms with Crippen LogP contribution in [0.3, 0.4) is 0 Å². The highest BCUT2D eigenvalue weighted by Crippen LogP contribution is 2.28. The second-order valence-corrected chi connectivity index (χ2v) is 7.75. The van der Waals surface area contributed by atoms with Gasteiger partial charge in [-0.05, 0) is 27.7 Å². The highest BCUT2D eigenvalue weighted by Gasteiger charge is 2.30. The van der Waals surface area contributed by atoms with Gasteiger partial charge >= 0.3 is 0 Å². The van der Waals surface area contributed by atoms with Gasteiger partial charge in [0.25, 0.3) is 14.2 Å². The summed E-state index contributed by atoms with van der Waals surface area (Å²) in [6.45, 7) is 7.28. The van der Waals surface area contributed by atoms with Gasteiger partial charge < -0.3 is 0 Å². The molecule has 2 heterocycles. The first-order valence-corrected chi connectivity index (χ1v) is 8.11. The van der Waals surface area contributed by atoms with Gasteiger partial charge in [-0.15, -0.1) is 10.2 Å². The van der Waals surface area contributed by atoms with Gasteiger partial charge in [-0.2, -0.15) is 0 Å². The van der Waals surface area contributed by atoms with Crippen molar-refractivity contribution in [3.8, 4) is 11.5 Å². The van der Waals surface area contributed by atoms with Crippen molar-refractivity contribution in [1.82, 2.24) is 24.7 Å². The van der Waals surface area contributed by atoms with Crippen molar-refractivity contribution in [2.75, 3.05) is 0 Å². The normalized spacial score (nSPS) is 12.7. The molecule has 0 saturated carbocycles. The minimum atomic E-state index is -4.00. The molecule has 0 N–H and O–H groups in total. The van der Waals surface area contributed by atoms with Crippen LogP contribution in [0.5, 0.6) is 0 Å². The average Bonchev–Trinajstić information content (AvgIpc) is 2.73. The van der Waals surface area contributed by atoms with Crippen molar-refractivity contribution >= 4 is 19.7 Å². The van der Waals surface area contributed by atoms with Crippen LogP contribution in [0.25, 0.3) is 11.5 Å². The zero-order valence-corrected chi connectivity index (χ0v) is 13.1. The summed E-state index contributed by atoms with van der Waals surface area (Å²) < 4.78 is 24.6. The standard InChI is InChI=1S/C11H14ClN5O2S/c1-7-5-14-8(6-13-7)9-15-16-10(20(12,18)19)17(9)11(2,3)4/h5-6H,1-4H3. The molecule has 20 heavy (non-hydrogen) atoms. The molecule has 0 fully saturated rings. The molecule has 0 aliphatic heterocycles. The Morgan fingerprint density at radius 1 is 1.15 bits per heavy atom. The van der Waals surface area contributed by atoms with Gasteiger partial charge in [-0.1, -0.05) is 0 Å². The van der Waals surface area contributed by atoms with E-state index in [1.165, 1.54) is 10.8 Å². The summed E-state index contributed by atoms with van der Waals surface area (Å²) in [6, 6.07) is 0. The summed E-state index contributed by atoms with van der Waals surface area (Å²) in [4.78, 5) is 8.32. The Morgan fingerprint density at radius 2 is 1.80 bits per heavy atom. The highest BCUT2D eigenvalue weighted by molar-refractivity contribution is 8.13. The fourth-order valence-corrected chi connectivity index (χ4v) is 2.72. The first-order chi connectivity index (χ1) is 9.10. The second kappa shape index (κ2) is 4.78. The van der Waals surface area contributed by atoms with E-state index in [4.69, 9.17) is 10.7 Å². The molecule has 0 atom stereocenters. The summed E-state index contributed by atoms with van der Waals surface area (Å²) in [7, 11) is 1.41. The molecule has 0 amide bonds. The molecule has 0 radical (unpaired) electrons. The third-order valence-corrected chi connectivity index (χ3v) is 3.65. The average molecular weight is 316 g/mol. The Kier molecular flexibility index (Phi) is 3.55. The number of halogens is 1. The van der Waals surface area contributed by atoms with Crippen molar-refractivity contribution in [2.24, 2.45) is 0 Å². The Labute approximate surface area is 121 Å². The summed E-state index contributed by atoms with van der Waals surface area (Å²) in [5.41, 5.74) is 0.605. The van der Waals surface area contributed by atoms with Crippen LogP contribution < -0.4 is 0 Å². The number of nitrogens with zero attached hydrogens (tertiary/aromatic N) is 5. The van der Waals surface area contributed by atoms with Crippen molar-refractivity contribution in [3.63, 3.8) is 0 Å². The molecule has 0 aliphatic carbocycles. The van der Waals surface area contributed by atoms with Crippen LogP contribution in [-0.4, -0.2) is 33.2 Å². The summed E-state index contributed by atoms with van der Waals surface area (Å²) >= 11 is 0. The van der Waals surface area contributed by atoms with Crippen LogP contribution in [0.1, 0.15) is 26.5 Å². The molecule has 0 aliphatic rings. The molecule has 2 aromatic rings. The monoisotopic (exact) mass is 315 g/mol. The predicted octanol–water partition coefficient (Wildman–Crippen LogP) is 1.73. The summed E-state index contributed by atoms with van der Waals surface area (Å²) in [6.07, 6.45) is 3.10. The lowest BCUT2D eigenvalue weighted by Gasteiger charge is -2.23. The molecule has 2 rings (SSSR count). The molecule has 0 bridgehead atoms. The van der Waals surface area contributed by atoms with E-state index in [2.05, 4.69) is 20.2 Å². The largest absolute Gasteiger partial charge is 0.296 e. The van der Waals surface area contributed by atoms with E-state index < -0.39 is 14.6 Å². The van der Waals surface area contributed by atoms with E-state index in [9.17, 15) is 8.42 Å². The number of aryl methyl sites for hydroxylation is 1. The molecule has 0 aromatic carbocycles. The maximum absolute atomic E-state index is 11.6. The Bertz CT molecular complexity index is 731. The van der Waals surface area contributed by atoms with Crippen LogP contribution >= 0.6 is 10.7 Å². The minimum absolute atomic E-state index is 0.302. The summed E-state index contributed by atoms with van der Waals surface area (Å²) in [5.74, 6) is 0.309. The van der Waals surface area contributed by atoms with Crippen molar-refractivity contribution in [3.05, 3.63) is 18.1 Å². The zero-order valence-electron chi connectivity index (χ0n) is 11.5. The molecule has 0 spiro atoms. The van der Waals surface area contributed by atoms with Crippen LogP contribution in [0.2, 0.25) is 0 Å². The Balaban J connectivity index is 2.72. The fourth-order valence-electron chi connectivity index (χ4n) is 1.71. The van der Waals surface area contributed by atoms with Gasteiger partial charge in [-0.25, -0.2) is 13.4 Å². The Hall–Kier alpha value is -1.54. The lowest BCUT2D eigenvalue weighted by Crippen LogP contribution is -2.26. The van der Waals surface area contributed by atoms with E-state index in [1.54, 1.807) is 13.1 Å². The number of hydrogen-bond acceptors (Lipinski definition) is 6. The van der Waals surface area contributed by atoms with Crippen LogP contribution in [0.15, 0.2) is 17.6 Å². The summed E-state index contributed by atoms with van der Waals surface area (Å²) in [5, 5.41) is 7.27. The molecule has 7 nitrogen and oxygen atoms in total. The molecule has 108 valence electrons. The highest BCUT2D eigenvalue weighted by atomic mass is 35.7. The predicted molar refractivity (Wildman–Crippen MR) is 73.8 cm³/mol. The van der Waals surface area contributed by atoms with E-state index in [1.807, 2.05) is 20.8 Å². The van der Waals surface area contributed by atoms with Crippen molar-refractivity contribution in [2.45, 2.75) is 38.4 Å². The molecule has 2 aromatic heterocycles. The first kappa shape index (κ1) is 14.9. The van der Waals surface area contributed by atoms with E-state index in [0.717, 1.165) is 5.69 Å². The molecule has 0 saturated heterocycles. The number of rotatable bonds is 2. The van der Waals surface area contributed by atoms with Crippen LogP contribution in [0, 0.1) is 6.92 Å². The lowest BCUT2D eigenvalue weighted by molar-refractivity contribution is 0.367. The topological polar surface area (TPSA) is 90.6 Å². The van der Waals surface area contributed by atoms with Gasteiger partial charge in [0, 0.05) is 22.4 Å².